The molecule has 138 valence electrons. The molecule has 5 heteroatoms. The molecule has 0 unspecified atom stereocenters. The third kappa shape index (κ3) is 6.08. The highest BCUT2D eigenvalue weighted by molar-refractivity contribution is 6.11. The molecule has 0 heterocycles. The van der Waals surface area contributed by atoms with Crippen LogP contribution in [0.1, 0.15) is 27.9 Å². The Hall–Kier alpha value is -3.47. The van der Waals surface area contributed by atoms with Gasteiger partial charge >= 0.3 is 0 Å². The first-order valence-corrected chi connectivity index (χ1v) is 8.38. The number of nitrogens with zero attached hydrogens (tertiary/aromatic N) is 1. The topological polar surface area (TPSA) is 74.7 Å². The van der Waals surface area contributed by atoms with Crippen LogP contribution >= 0.6 is 0 Å². The third-order valence-corrected chi connectivity index (χ3v) is 3.75. The van der Waals surface area contributed by atoms with Gasteiger partial charge in [0.25, 0.3) is 5.91 Å². The van der Waals surface area contributed by atoms with E-state index in [0.29, 0.717) is 11.1 Å². The highest BCUT2D eigenvalue weighted by Gasteiger charge is 2.11. The maximum absolute atomic E-state index is 12.2. The zero-order chi connectivity index (χ0) is 19.8. The number of phenols is 1. The van der Waals surface area contributed by atoms with Crippen LogP contribution in [0.4, 0.5) is 0 Å². The minimum absolute atomic E-state index is 0.145. The summed E-state index contributed by atoms with van der Waals surface area (Å²) in [4.78, 5) is 37.6. The number of aromatic hydroxyl groups is 1. The SMILES string of the molecule is CN(C)C(=O)c1ccccc1/C=C/C(=O)CC(=O)/C=C/c1ccc(O)cc1. The lowest BCUT2D eigenvalue weighted by Crippen LogP contribution is -2.22. The lowest BCUT2D eigenvalue weighted by Gasteiger charge is -2.12. The summed E-state index contributed by atoms with van der Waals surface area (Å²) < 4.78 is 0. The van der Waals surface area contributed by atoms with Crippen LogP contribution in [0.2, 0.25) is 0 Å². The van der Waals surface area contributed by atoms with E-state index in [1.54, 1.807) is 62.6 Å². The summed E-state index contributed by atoms with van der Waals surface area (Å²) in [7, 11) is 3.32. The minimum Gasteiger partial charge on any atom is -0.508 e. The molecule has 0 aliphatic heterocycles. The van der Waals surface area contributed by atoms with Crippen molar-refractivity contribution in [3.63, 3.8) is 0 Å². The summed E-state index contributed by atoms with van der Waals surface area (Å²) in [6, 6.07) is 13.3. The highest BCUT2D eigenvalue weighted by atomic mass is 16.3. The fourth-order valence-corrected chi connectivity index (χ4v) is 2.32. The monoisotopic (exact) mass is 363 g/mol. The van der Waals surface area contributed by atoms with E-state index in [-0.39, 0.29) is 29.6 Å². The standard InChI is InChI=1S/C22H21NO4/c1-23(2)22(27)21-6-4-3-5-17(21)10-14-20(26)15-19(25)13-9-16-7-11-18(24)12-8-16/h3-14,24H,15H2,1-2H3/b13-9+,14-10+. The van der Waals surface area contributed by atoms with E-state index in [2.05, 4.69) is 0 Å². The third-order valence-electron chi connectivity index (χ3n) is 3.75. The van der Waals surface area contributed by atoms with Gasteiger partial charge in [-0.1, -0.05) is 42.5 Å². The second kappa shape index (κ2) is 9.29. The van der Waals surface area contributed by atoms with Gasteiger partial charge in [0.2, 0.25) is 0 Å². The summed E-state index contributed by atoms with van der Waals surface area (Å²) in [6.45, 7) is 0. The number of allylic oxidation sites excluding steroid dienone is 2. The van der Waals surface area contributed by atoms with Crippen LogP contribution in [0, 0.1) is 0 Å². The number of carbonyl (C=O) groups is 3. The average Bonchev–Trinajstić information content (AvgIpc) is 2.65. The molecule has 0 aromatic heterocycles. The normalized spacial score (nSPS) is 11.0. The largest absolute Gasteiger partial charge is 0.508 e. The van der Waals surface area contributed by atoms with Crippen molar-refractivity contribution >= 4 is 29.6 Å². The van der Waals surface area contributed by atoms with Crippen molar-refractivity contribution in [3.05, 3.63) is 77.4 Å². The Morgan fingerprint density at radius 1 is 0.889 bits per heavy atom. The van der Waals surface area contributed by atoms with Gasteiger partial charge in [-0.15, -0.1) is 0 Å². The molecule has 0 fully saturated rings. The van der Waals surface area contributed by atoms with E-state index >= 15 is 0 Å². The number of amides is 1. The summed E-state index contributed by atoms with van der Waals surface area (Å²) in [5, 5.41) is 9.22. The van der Waals surface area contributed by atoms with Crippen LogP contribution in [0.25, 0.3) is 12.2 Å². The van der Waals surface area contributed by atoms with E-state index in [0.717, 1.165) is 5.56 Å². The molecule has 1 N–H and O–H groups in total. The predicted molar refractivity (Wildman–Crippen MR) is 105 cm³/mol. The fourth-order valence-electron chi connectivity index (χ4n) is 2.32. The minimum atomic E-state index is -0.345. The summed E-state index contributed by atoms with van der Waals surface area (Å²) in [5.41, 5.74) is 1.86. The van der Waals surface area contributed by atoms with E-state index < -0.39 is 0 Å². The number of carbonyl (C=O) groups excluding carboxylic acids is 3. The number of hydrogen-bond donors (Lipinski definition) is 1. The number of ketones is 2. The van der Waals surface area contributed by atoms with Gasteiger partial charge in [0, 0.05) is 19.7 Å². The van der Waals surface area contributed by atoms with Crippen LogP contribution < -0.4 is 0 Å². The first kappa shape index (κ1) is 19.8. The van der Waals surface area contributed by atoms with E-state index in [1.807, 2.05) is 0 Å². The van der Waals surface area contributed by atoms with Gasteiger partial charge in [-0.25, -0.2) is 0 Å². The van der Waals surface area contributed by atoms with Crippen molar-refractivity contribution in [1.29, 1.82) is 0 Å². The Labute approximate surface area is 158 Å². The molecule has 5 nitrogen and oxygen atoms in total. The number of hydrogen-bond acceptors (Lipinski definition) is 4. The number of rotatable bonds is 7. The molecular weight excluding hydrogens is 342 g/mol. The molecule has 2 aromatic rings. The molecule has 2 rings (SSSR count). The van der Waals surface area contributed by atoms with Crippen molar-refractivity contribution in [3.8, 4) is 5.75 Å². The zero-order valence-corrected chi connectivity index (χ0v) is 15.3. The zero-order valence-electron chi connectivity index (χ0n) is 15.3. The van der Waals surface area contributed by atoms with Gasteiger partial charge in [0.1, 0.15) is 5.75 Å². The fraction of sp³-hybridized carbons (Fsp3) is 0.136. The molecule has 0 spiro atoms. The second-order valence-electron chi connectivity index (χ2n) is 6.15. The Kier molecular flexibility index (Phi) is 6.83. The van der Waals surface area contributed by atoms with E-state index in [4.69, 9.17) is 0 Å². The molecule has 27 heavy (non-hydrogen) atoms. The highest BCUT2D eigenvalue weighted by Crippen LogP contribution is 2.13. The molecule has 0 atom stereocenters. The molecule has 0 bridgehead atoms. The molecule has 0 aliphatic carbocycles. The molecule has 1 amide bonds. The van der Waals surface area contributed by atoms with Crippen molar-refractivity contribution in [1.82, 2.24) is 4.90 Å². The number of phenolic OH excluding ortho intramolecular Hbond substituents is 1. The Bertz CT molecular complexity index is 893. The lowest BCUT2D eigenvalue weighted by atomic mass is 10.0. The van der Waals surface area contributed by atoms with E-state index in [9.17, 15) is 19.5 Å². The average molecular weight is 363 g/mol. The second-order valence-corrected chi connectivity index (χ2v) is 6.15. The van der Waals surface area contributed by atoms with Crippen LogP contribution in [0.3, 0.4) is 0 Å². The predicted octanol–water partition coefficient (Wildman–Crippen LogP) is 3.35. The Balaban J connectivity index is 2.00. The first-order chi connectivity index (χ1) is 12.9. The van der Waals surface area contributed by atoms with Crippen molar-refractivity contribution in [2.45, 2.75) is 6.42 Å². The molecule has 0 aliphatic rings. The Morgan fingerprint density at radius 2 is 1.48 bits per heavy atom. The lowest BCUT2D eigenvalue weighted by molar-refractivity contribution is -0.121. The molecule has 0 saturated carbocycles. The molecule has 0 saturated heterocycles. The van der Waals surface area contributed by atoms with Crippen molar-refractivity contribution in [2.75, 3.05) is 14.1 Å². The van der Waals surface area contributed by atoms with Gasteiger partial charge in [-0.3, -0.25) is 14.4 Å². The van der Waals surface area contributed by atoms with Crippen molar-refractivity contribution < 1.29 is 19.5 Å². The summed E-state index contributed by atoms with van der Waals surface area (Å²) in [6.07, 6.45) is 5.53. The van der Waals surface area contributed by atoms with Crippen molar-refractivity contribution in [2.24, 2.45) is 0 Å². The van der Waals surface area contributed by atoms with Gasteiger partial charge in [-0.2, -0.15) is 0 Å². The maximum atomic E-state index is 12.2. The van der Waals surface area contributed by atoms with Crippen LogP contribution in [-0.2, 0) is 9.59 Å². The van der Waals surface area contributed by atoms with Gasteiger partial charge < -0.3 is 10.0 Å². The van der Waals surface area contributed by atoms with E-state index in [1.165, 1.54) is 29.2 Å². The smallest absolute Gasteiger partial charge is 0.253 e. The van der Waals surface area contributed by atoms with Crippen LogP contribution in [0.5, 0.6) is 5.75 Å². The van der Waals surface area contributed by atoms with Crippen LogP contribution in [0.15, 0.2) is 60.7 Å². The Morgan fingerprint density at radius 3 is 2.11 bits per heavy atom. The molecular formula is C22H21NO4. The van der Waals surface area contributed by atoms with Gasteiger partial charge in [-0.05, 0) is 41.5 Å². The summed E-state index contributed by atoms with van der Waals surface area (Å²) in [5.74, 6) is -0.680. The van der Waals surface area contributed by atoms with Crippen LogP contribution in [-0.4, -0.2) is 41.6 Å². The maximum Gasteiger partial charge on any atom is 0.253 e. The van der Waals surface area contributed by atoms with Gasteiger partial charge in [0.15, 0.2) is 11.6 Å². The molecule has 2 aromatic carbocycles. The number of benzene rings is 2. The van der Waals surface area contributed by atoms with Gasteiger partial charge in [0.05, 0.1) is 6.42 Å². The molecule has 0 radical (unpaired) electrons. The summed E-state index contributed by atoms with van der Waals surface area (Å²) >= 11 is 0. The quantitative estimate of drug-likeness (QED) is 0.605. The first-order valence-electron chi connectivity index (χ1n) is 8.38.